The van der Waals surface area contributed by atoms with Gasteiger partial charge in [0.15, 0.2) is 5.58 Å². The summed E-state index contributed by atoms with van der Waals surface area (Å²) in [6, 6.07) is 4.35. The van der Waals surface area contributed by atoms with E-state index in [9.17, 15) is 18.0 Å². The summed E-state index contributed by atoms with van der Waals surface area (Å²) in [4.78, 5) is 23.4. The average Bonchev–Trinajstić information content (AvgIpc) is 2.89. The standard InChI is InChI=1S/C16H20N2O6S/c1-3-23-15(19)11-6-8-18(9-7-11)25(21,22)12-4-5-14-13(10-12)17(2)16(20)24-14/h4-5,10-11H,3,6-9H2,1-2H3. The van der Waals surface area contributed by atoms with Gasteiger partial charge in [-0.15, -0.1) is 0 Å². The van der Waals surface area contributed by atoms with E-state index in [0.717, 1.165) is 0 Å². The van der Waals surface area contributed by atoms with Gasteiger partial charge in [0, 0.05) is 20.1 Å². The zero-order chi connectivity index (χ0) is 18.2. The van der Waals surface area contributed by atoms with E-state index < -0.39 is 15.8 Å². The van der Waals surface area contributed by atoms with Crippen LogP contribution in [0.15, 0.2) is 32.3 Å². The smallest absolute Gasteiger partial charge is 0.419 e. The van der Waals surface area contributed by atoms with Crippen LogP contribution in [0.2, 0.25) is 0 Å². The number of nitrogens with zero attached hydrogens (tertiary/aromatic N) is 2. The predicted molar refractivity (Wildman–Crippen MR) is 89.6 cm³/mol. The Morgan fingerprint density at radius 3 is 2.64 bits per heavy atom. The van der Waals surface area contributed by atoms with E-state index in [1.165, 1.54) is 34.1 Å². The quantitative estimate of drug-likeness (QED) is 0.749. The van der Waals surface area contributed by atoms with Crippen LogP contribution in [0.5, 0.6) is 0 Å². The molecule has 0 unspecified atom stereocenters. The Kier molecular flexibility index (Phi) is 4.70. The molecule has 1 fully saturated rings. The lowest BCUT2D eigenvalue weighted by atomic mass is 9.98. The topological polar surface area (TPSA) is 98.8 Å². The van der Waals surface area contributed by atoms with Crippen molar-refractivity contribution in [1.29, 1.82) is 0 Å². The number of fused-ring (bicyclic) bond motifs is 1. The summed E-state index contributed by atoms with van der Waals surface area (Å²) in [5.74, 6) is -1.07. The molecule has 2 heterocycles. The number of hydrogen-bond donors (Lipinski definition) is 0. The highest BCUT2D eigenvalue weighted by atomic mass is 32.2. The summed E-state index contributed by atoms with van der Waals surface area (Å²) >= 11 is 0. The highest BCUT2D eigenvalue weighted by molar-refractivity contribution is 7.89. The van der Waals surface area contributed by atoms with Crippen molar-refractivity contribution >= 4 is 27.1 Å². The molecule has 25 heavy (non-hydrogen) atoms. The second-order valence-electron chi connectivity index (χ2n) is 5.99. The molecule has 8 nitrogen and oxygen atoms in total. The molecular weight excluding hydrogens is 348 g/mol. The van der Waals surface area contributed by atoms with Gasteiger partial charge in [0.2, 0.25) is 10.0 Å². The zero-order valence-electron chi connectivity index (χ0n) is 14.1. The minimum atomic E-state index is -3.70. The van der Waals surface area contributed by atoms with Crippen molar-refractivity contribution in [2.45, 2.75) is 24.7 Å². The lowest BCUT2D eigenvalue weighted by Gasteiger charge is -2.30. The molecule has 136 valence electrons. The summed E-state index contributed by atoms with van der Waals surface area (Å²) in [6.07, 6.45) is 0.870. The molecule has 0 saturated carbocycles. The number of esters is 1. The summed E-state index contributed by atoms with van der Waals surface area (Å²) in [5.41, 5.74) is 0.764. The number of carbonyl (C=O) groups excluding carboxylic acids is 1. The van der Waals surface area contributed by atoms with Crippen LogP contribution in [0.4, 0.5) is 0 Å². The van der Waals surface area contributed by atoms with Crippen LogP contribution in [0.1, 0.15) is 19.8 Å². The van der Waals surface area contributed by atoms with Gasteiger partial charge in [-0.25, -0.2) is 13.2 Å². The molecule has 1 aliphatic heterocycles. The second-order valence-corrected chi connectivity index (χ2v) is 7.92. The number of piperidine rings is 1. The zero-order valence-corrected chi connectivity index (χ0v) is 14.9. The van der Waals surface area contributed by atoms with Gasteiger partial charge in [-0.2, -0.15) is 4.31 Å². The highest BCUT2D eigenvalue weighted by Crippen LogP contribution is 2.26. The number of aryl methyl sites for hydroxylation is 1. The third kappa shape index (κ3) is 3.21. The first-order valence-electron chi connectivity index (χ1n) is 8.11. The van der Waals surface area contributed by atoms with E-state index in [2.05, 4.69) is 0 Å². The van der Waals surface area contributed by atoms with E-state index in [4.69, 9.17) is 9.15 Å². The van der Waals surface area contributed by atoms with Crippen LogP contribution in [0.25, 0.3) is 11.1 Å². The number of oxazole rings is 1. The first kappa shape index (κ1) is 17.7. The fraction of sp³-hybridized carbons (Fsp3) is 0.500. The van der Waals surface area contributed by atoms with Crippen LogP contribution in [0, 0.1) is 5.92 Å². The Balaban J connectivity index is 1.82. The first-order chi connectivity index (χ1) is 11.8. The van der Waals surface area contributed by atoms with Crippen molar-refractivity contribution in [2.75, 3.05) is 19.7 Å². The highest BCUT2D eigenvalue weighted by Gasteiger charge is 2.33. The Morgan fingerprint density at radius 2 is 2.00 bits per heavy atom. The number of sulfonamides is 1. The van der Waals surface area contributed by atoms with Gasteiger partial charge in [0.05, 0.1) is 22.9 Å². The minimum Gasteiger partial charge on any atom is -0.466 e. The van der Waals surface area contributed by atoms with E-state index in [1.807, 2.05) is 0 Å². The molecule has 0 N–H and O–H groups in total. The maximum Gasteiger partial charge on any atom is 0.419 e. The fourth-order valence-electron chi connectivity index (χ4n) is 3.01. The Morgan fingerprint density at radius 1 is 1.32 bits per heavy atom. The molecule has 0 amide bonds. The maximum absolute atomic E-state index is 12.8. The first-order valence-corrected chi connectivity index (χ1v) is 9.55. The molecule has 0 bridgehead atoms. The summed E-state index contributed by atoms with van der Waals surface area (Å²) in [7, 11) is -2.18. The van der Waals surface area contributed by atoms with Crippen molar-refractivity contribution in [3.63, 3.8) is 0 Å². The van der Waals surface area contributed by atoms with Crippen molar-refractivity contribution in [2.24, 2.45) is 13.0 Å². The third-order valence-corrected chi connectivity index (χ3v) is 6.37. The molecule has 9 heteroatoms. The van der Waals surface area contributed by atoms with Gasteiger partial charge < -0.3 is 9.15 Å². The molecule has 1 aromatic heterocycles. The van der Waals surface area contributed by atoms with Crippen LogP contribution in [0.3, 0.4) is 0 Å². The molecular formula is C16H20N2O6S. The van der Waals surface area contributed by atoms with E-state index >= 15 is 0 Å². The molecule has 1 aliphatic rings. The largest absolute Gasteiger partial charge is 0.466 e. The number of carbonyl (C=O) groups is 1. The lowest BCUT2D eigenvalue weighted by molar-refractivity contribution is -0.149. The Bertz CT molecular complexity index is 951. The molecule has 0 radical (unpaired) electrons. The normalized spacial score (nSPS) is 17.0. The van der Waals surface area contributed by atoms with Gasteiger partial charge in [-0.3, -0.25) is 9.36 Å². The Hall–Kier alpha value is -2.13. The van der Waals surface area contributed by atoms with Gasteiger partial charge in [0.25, 0.3) is 0 Å². The van der Waals surface area contributed by atoms with Crippen molar-refractivity contribution < 1.29 is 22.4 Å². The summed E-state index contributed by atoms with van der Waals surface area (Å²) < 4.78 is 38.3. The molecule has 1 aromatic carbocycles. The third-order valence-electron chi connectivity index (χ3n) is 4.47. The van der Waals surface area contributed by atoms with E-state index in [-0.39, 0.29) is 29.9 Å². The average molecular weight is 368 g/mol. The lowest BCUT2D eigenvalue weighted by Crippen LogP contribution is -2.40. The van der Waals surface area contributed by atoms with E-state index in [1.54, 1.807) is 6.92 Å². The van der Waals surface area contributed by atoms with Gasteiger partial charge in [0.1, 0.15) is 0 Å². The summed E-state index contributed by atoms with van der Waals surface area (Å²) in [6.45, 7) is 2.58. The van der Waals surface area contributed by atoms with Crippen molar-refractivity contribution in [3.8, 4) is 0 Å². The van der Waals surface area contributed by atoms with Crippen molar-refractivity contribution in [1.82, 2.24) is 8.87 Å². The molecule has 0 spiro atoms. The molecule has 2 aromatic rings. The molecule has 3 rings (SSSR count). The van der Waals surface area contributed by atoms with Gasteiger partial charge >= 0.3 is 11.7 Å². The van der Waals surface area contributed by atoms with E-state index in [0.29, 0.717) is 30.5 Å². The number of benzene rings is 1. The van der Waals surface area contributed by atoms with Crippen LogP contribution in [-0.2, 0) is 26.6 Å². The van der Waals surface area contributed by atoms with Gasteiger partial charge in [-0.05, 0) is 38.0 Å². The number of ether oxygens (including phenoxy) is 1. The molecule has 1 saturated heterocycles. The van der Waals surface area contributed by atoms with Crippen LogP contribution in [-0.4, -0.2) is 43.0 Å². The Labute approximate surface area is 145 Å². The minimum absolute atomic E-state index is 0.103. The SMILES string of the molecule is CCOC(=O)C1CCN(S(=O)(=O)c2ccc3oc(=O)n(C)c3c2)CC1. The van der Waals surface area contributed by atoms with Crippen LogP contribution < -0.4 is 5.76 Å². The van der Waals surface area contributed by atoms with Crippen LogP contribution >= 0.6 is 0 Å². The maximum atomic E-state index is 12.8. The monoisotopic (exact) mass is 368 g/mol. The molecule has 0 atom stereocenters. The number of rotatable bonds is 4. The fourth-order valence-corrected chi connectivity index (χ4v) is 4.50. The van der Waals surface area contributed by atoms with Gasteiger partial charge in [-0.1, -0.05) is 0 Å². The van der Waals surface area contributed by atoms with Crippen molar-refractivity contribution in [3.05, 3.63) is 28.7 Å². The second kappa shape index (κ2) is 6.64. The predicted octanol–water partition coefficient (Wildman–Crippen LogP) is 1.10. The molecule has 0 aliphatic carbocycles. The number of aromatic nitrogens is 1. The summed E-state index contributed by atoms with van der Waals surface area (Å²) in [5, 5.41) is 0. The number of hydrogen-bond acceptors (Lipinski definition) is 6.